The Morgan fingerprint density at radius 2 is 1.52 bits per heavy atom. The Balaban J connectivity index is 1.05. The molecule has 1 aliphatic carbocycles. The lowest BCUT2D eigenvalue weighted by atomic mass is 10.0. The van der Waals surface area contributed by atoms with Crippen molar-refractivity contribution in [3.63, 3.8) is 0 Å². The van der Waals surface area contributed by atoms with Crippen molar-refractivity contribution in [2.75, 3.05) is 37.6 Å². The van der Waals surface area contributed by atoms with E-state index in [0.29, 0.717) is 5.92 Å². The van der Waals surface area contributed by atoms with Crippen LogP contribution in [-0.2, 0) is 9.59 Å². The standard InChI is InChI=1S/C28H29N3O2/c32-27(25-19-24(25)22-11-10-20-6-4-5-7-21(20)18-22)30-16-14-29(15-17-30)26-12-13-31(28(26)33)23-8-2-1-3-9-23/h1-11,18,24-26H,12-17,19H2. The molecule has 0 radical (unpaired) electrons. The van der Waals surface area contributed by atoms with Gasteiger partial charge in [0.15, 0.2) is 0 Å². The molecule has 3 aromatic rings. The van der Waals surface area contributed by atoms with Crippen LogP contribution < -0.4 is 4.90 Å². The summed E-state index contributed by atoms with van der Waals surface area (Å²) in [6.07, 6.45) is 1.80. The highest BCUT2D eigenvalue weighted by molar-refractivity contribution is 5.99. The molecule has 5 heteroatoms. The van der Waals surface area contributed by atoms with E-state index in [1.807, 2.05) is 40.1 Å². The Bertz CT molecular complexity index is 1190. The van der Waals surface area contributed by atoms with Gasteiger partial charge in [0.25, 0.3) is 0 Å². The second-order valence-corrected chi connectivity index (χ2v) is 9.55. The molecule has 1 saturated carbocycles. The van der Waals surface area contributed by atoms with Gasteiger partial charge in [-0.3, -0.25) is 14.5 Å². The molecule has 2 saturated heterocycles. The van der Waals surface area contributed by atoms with Gasteiger partial charge in [0.1, 0.15) is 0 Å². The Kier molecular flexibility index (Phi) is 5.14. The molecule has 2 aliphatic heterocycles. The normalized spacial score (nSPS) is 25.6. The summed E-state index contributed by atoms with van der Waals surface area (Å²) in [4.78, 5) is 32.4. The number of benzene rings is 3. The van der Waals surface area contributed by atoms with Crippen LogP contribution >= 0.6 is 0 Å². The maximum Gasteiger partial charge on any atom is 0.244 e. The number of para-hydroxylation sites is 1. The molecular formula is C28H29N3O2. The fraction of sp³-hybridized carbons (Fsp3) is 0.357. The summed E-state index contributed by atoms with van der Waals surface area (Å²) in [7, 11) is 0. The summed E-state index contributed by atoms with van der Waals surface area (Å²) in [6, 6.07) is 24.8. The Morgan fingerprint density at radius 3 is 2.30 bits per heavy atom. The average molecular weight is 440 g/mol. The zero-order valence-electron chi connectivity index (χ0n) is 18.8. The highest BCUT2D eigenvalue weighted by Crippen LogP contribution is 2.49. The van der Waals surface area contributed by atoms with Crippen molar-refractivity contribution >= 4 is 28.3 Å². The third-order valence-electron chi connectivity index (χ3n) is 7.62. The first kappa shape index (κ1) is 20.4. The van der Waals surface area contributed by atoms with Crippen LogP contribution in [0.15, 0.2) is 72.8 Å². The number of carbonyl (C=O) groups is 2. The van der Waals surface area contributed by atoms with Crippen LogP contribution in [-0.4, -0.2) is 60.4 Å². The van der Waals surface area contributed by atoms with Crippen molar-refractivity contribution < 1.29 is 9.59 Å². The molecule has 33 heavy (non-hydrogen) atoms. The number of rotatable bonds is 4. The van der Waals surface area contributed by atoms with Gasteiger partial charge in [0, 0.05) is 44.3 Å². The molecule has 2 amide bonds. The summed E-state index contributed by atoms with van der Waals surface area (Å²) in [5.41, 5.74) is 2.26. The molecule has 0 N–H and O–H groups in total. The van der Waals surface area contributed by atoms with E-state index in [4.69, 9.17) is 0 Å². The SMILES string of the molecule is O=C(C1CC1c1ccc2ccccc2c1)N1CCN(C2CCN(c3ccccc3)C2=O)CC1. The minimum absolute atomic E-state index is 0.0614. The van der Waals surface area contributed by atoms with Crippen molar-refractivity contribution in [2.45, 2.75) is 24.8 Å². The lowest BCUT2D eigenvalue weighted by Gasteiger charge is -2.37. The number of anilines is 1. The second-order valence-electron chi connectivity index (χ2n) is 9.55. The van der Waals surface area contributed by atoms with E-state index in [1.165, 1.54) is 16.3 Å². The van der Waals surface area contributed by atoms with Crippen LogP contribution in [0.5, 0.6) is 0 Å². The minimum Gasteiger partial charge on any atom is -0.340 e. The highest BCUT2D eigenvalue weighted by Gasteiger charge is 2.46. The van der Waals surface area contributed by atoms with E-state index in [0.717, 1.165) is 51.3 Å². The number of piperazine rings is 1. The maximum absolute atomic E-state index is 13.2. The average Bonchev–Trinajstić information content (AvgIpc) is 3.59. The van der Waals surface area contributed by atoms with Gasteiger partial charge in [-0.15, -0.1) is 0 Å². The Morgan fingerprint density at radius 1 is 0.788 bits per heavy atom. The van der Waals surface area contributed by atoms with Gasteiger partial charge in [0.2, 0.25) is 11.8 Å². The number of hydrogen-bond donors (Lipinski definition) is 0. The van der Waals surface area contributed by atoms with Gasteiger partial charge in [-0.1, -0.05) is 60.7 Å². The Hall–Kier alpha value is -3.18. The number of nitrogens with zero attached hydrogens (tertiary/aromatic N) is 3. The van der Waals surface area contributed by atoms with Gasteiger partial charge >= 0.3 is 0 Å². The molecule has 3 fully saturated rings. The zero-order valence-corrected chi connectivity index (χ0v) is 18.8. The first-order chi connectivity index (χ1) is 16.2. The van der Waals surface area contributed by atoms with Crippen LogP contribution in [0.25, 0.3) is 10.8 Å². The molecule has 3 aromatic carbocycles. The Labute approximate surface area is 194 Å². The molecular weight excluding hydrogens is 410 g/mol. The number of carbonyl (C=O) groups excluding carboxylic acids is 2. The molecule has 3 unspecified atom stereocenters. The largest absolute Gasteiger partial charge is 0.340 e. The van der Waals surface area contributed by atoms with Gasteiger partial charge in [-0.2, -0.15) is 0 Å². The van der Waals surface area contributed by atoms with E-state index in [9.17, 15) is 9.59 Å². The van der Waals surface area contributed by atoms with Gasteiger partial charge < -0.3 is 9.80 Å². The smallest absolute Gasteiger partial charge is 0.244 e. The lowest BCUT2D eigenvalue weighted by Crippen LogP contribution is -2.54. The molecule has 3 atom stereocenters. The van der Waals surface area contributed by atoms with Crippen molar-refractivity contribution in [3.05, 3.63) is 78.4 Å². The predicted octanol–water partition coefficient (Wildman–Crippen LogP) is 3.89. The summed E-state index contributed by atoms with van der Waals surface area (Å²) in [5, 5.41) is 2.49. The molecule has 3 aliphatic rings. The van der Waals surface area contributed by atoms with Crippen molar-refractivity contribution in [2.24, 2.45) is 5.92 Å². The fourth-order valence-electron chi connectivity index (χ4n) is 5.63. The monoisotopic (exact) mass is 439 g/mol. The van der Waals surface area contributed by atoms with Gasteiger partial charge in [-0.25, -0.2) is 0 Å². The third-order valence-corrected chi connectivity index (χ3v) is 7.62. The zero-order chi connectivity index (χ0) is 22.4. The van der Waals surface area contributed by atoms with Gasteiger partial charge in [0.05, 0.1) is 6.04 Å². The van der Waals surface area contributed by atoms with Crippen molar-refractivity contribution in [1.29, 1.82) is 0 Å². The summed E-state index contributed by atoms with van der Waals surface area (Å²) >= 11 is 0. The fourth-order valence-corrected chi connectivity index (χ4v) is 5.63. The van der Waals surface area contributed by atoms with Crippen molar-refractivity contribution in [1.82, 2.24) is 9.80 Å². The summed E-state index contributed by atoms with van der Waals surface area (Å²) < 4.78 is 0. The molecule has 6 rings (SSSR count). The molecule has 0 bridgehead atoms. The van der Waals surface area contributed by atoms with E-state index in [-0.39, 0.29) is 23.8 Å². The molecule has 0 spiro atoms. The van der Waals surface area contributed by atoms with E-state index >= 15 is 0 Å². The first-order valence-electron chi connectivity index (χ1n) is 12.1. The van der Waals surface area contributed by atoms with E-state index in [1.54, 1.807) is 0 Å². The topological polar surface area (TPSA) is 43.9 Å². The molecule has 5 nitrogen and oxygen atoms in total. The number of hydrogen-bond acceptors (Lipinski definition) is 3. The second kappa shape index (κ2) is 8.31. The van der Waals surface area contributed by atoms with Crippen LogP contribution in [0.4, 0.5) is 5.69 Å². The van der Waals surface area contributed by atoms with Crippen LogP contribution in [0.2, 0.25) is 0 Å². The quantitative estimate of drug-likeness (QED) is 0.620. The van der Waals surface area contributed by atoms with Crippen LogP contribution in [0.3, 0.4) is 0 Å². The predicted molar refractivity (Wildman–Crippen MR) is 130 cm³/mol. The highest BCUT2D eigenvalue weighted by atomic mass is 16.2. The third kappa shape index (κ3) is 3.80. The number of fused-ring (bicyclic) bond motifs is 1. The van der Waals surface area contributed by atoms with Gasteiger partial charge in [-0.05, 0) is 47.2 Å². The number of amides is 2. The summed E-state index contributed by atoms with van der Waals surface area (Å²) in [6.45, 7) is 3.75. The van der Waals surface area contributed by atoms with Crippen molar-refractivity contribution in [3.8, 4) is 0 Å². The maximum atomic E-state index is 13.2. The molecule has 168 valence electrons. The molecule has 0 aromatic heterocycles. The van der Waals surface area contributed by atoms with E-state index in [2.05, 4.69) is 47.4 Å². The minimum atomic E-state index is -0.0614. The lowest BCUT2D eigenvalue weighted by molar-refractivity contribution is -0.135. The van der Waals surface area contributed by atoms with E-state index < -0.39 is 0 Å². The van der Waals surface area contributed by atoms with Crippen LogP contribution in [0.1, 0.15) is 24.3 Å². The summed E-state index contributed by atoms with van der Waals surface area (Å²) in [5.74, 6) is 0.936. The molecule has 2 heterocycles. The van der Waals surface area contributed by atoms with Crippen LogP contribution in [0, 0.1) is 5.92 Å². The first-order valence-corrected chi connectivity index (χ1v) is 12.1.